The number of piperidine rings is 1. The van der Waals surface area contributed by atoms with Crippen molar-refractivity contribution in [3.63, 3.8) is 0 Å². The van der Waals surface area contributed by atoms with Gasteiger partial charge in [-0.2, -0.15) is 0 Å². The standard InChI is InChI=1S/C8H15N2/c1-6-7-2-3-10(6)5-8(9)4-7/h6-9H,2-5H2,1H3. The average molecular weight is 139 g/mol. The van der Waals surface area contributed by atoms with E-state index in [1.807, 2.05) is 0 Å². The van der Waals surface area contributed by atoms with E-state index in [4.69, 9.17) is 5.73 Å². The Hall–Kier alpha value is -0.0800. The molecular weight excluding hydrogens is 124 g/mol. The average Bonchev–Trinajstić information content (AvgIpc) is 2.20. The van der Waals surface area contributed by atoms with E-state index in [2.05, 4.69) is 11.8 Å². The second kappa shape index (κ2) is 2.21. The van der Waals surface area contributed by atoms with Gasteiger partial charge in [0.15, 0.2) is 0 Å². The Labute approximate surface area is 62.4 Å². The van der Waals surface area contributed by atoms with Gasteiger partial charge in [-0.1, -0.05) is 0 Å². The minimum Gasteiger partial charge on any atom is -0.299 e. The third kappa shape index (κ3) is 0.867. The normalized spacial score (nSPS) is 53.4. The molecule has 0 aromatic carbocycles. The van der Waals surface area contributed by atoms with Gasteiger partial charge in [-0.05, 0) is 32.2 Å². The van der Waals surface area contributed by atoms with Crippen molar-refractivity contribution in [2.24, 2.45) is 5.92 Å². The van der Waals surface area contributed by atoms with Crippen molar-refractivity contribution in [3.05, 3.63) is 0 Å². The molecule has 2 aliphatic heterocycles. The van der Waals surface area contributed by atoms with Crippen molar-refractivity contribution in [1.82, 2.24) is 10.6 Å². The summed E-state index contributed by atoms with van der Waals surface area (Å²) < 4.78 is 0. The molecule has 0 amide bonds. The van der Waals surface area contributed by atoms with E-state index >= 15 is 0 Å². The van der Waals surface area contributed by atoms with Crippen LogP contribution in [0, 0.1) is 5.92 Å². The van der Waals surface area contributed by atoms with Crippen molar-refractivity contribution in [3.8, 4) is 0 Å². The quantitative estimate of drug-likeness (QED) is 0.486. The van der Waals surface area contributed by atoms with Gasteiger partial charge >= 0.3 is 0 Å². The molecule has 0 aromatic rings. The molecule has 57 valence electrons. The Morgan fingerprint density at radius 2 is 2.30 bits per heavy atom. The van der Waals surface area contributed by atoms with E-state index < -0.39 is 0 Å². The van der Waals surface area contributed by atoms with Gasteiger partial charge in [0.25, 0.3) is 0 Å². The van der Waals surface area contributed by atoms with E-state index in [9.17, 15) is 0 Å². The van der Waals surface area contributed by atoms with Gasteiger partial charge in [0.2, 0.25) is 0 Å². The highest BCUT2D eigenvalue weighted by molar-refractivity contribution is 4.92. The smallest absolute Gasteiger partial charge is 0.0343 e. The molecule has 10 heavy (non-hydrogen) atoms. The van der Waals surface area contributed by atoms with Crippen LogP contribution in [-0.2, 0) is 0 Å². The van der Waals surface area contributed by atoms with Crippen LogP contribution in [0.15, 0.2) is 0 Å². The van der Waals surface area contributed by atoms with Crippen LogP contribution in [0.5, 0.6) is 0 Å². The van der Waals surface area contributed by atoms with E-state index in [1.54, 1.807) is 0 Å². The first kappa shape index (κ1) is 6.62. The Morgan fingerprint density at radius 3 is 3.00 bits per heavy atom. The third-order valence-electron chi connectivity index (χ3n) is 3.09. The van der Waals surface area contributed by atoms with Crippen LogP contribution in [0.4, 0.5) is 0 Å². The summed E-state index contributed by atoms with van der Waals surface area (Å²) in [5.41, 5.74) is 7.62. The van der Waals surface area contributed by atoms with Crippen LogP contribution in [0.1, 0.15) is 19.8 Å². The summed E-state index contributed by atoms with van der Waals surface area (Å²) in [5, 5.41) is 0. The van der Waals surface area contributed by atoms with Crippen LogP contribution in [0.3, 0.4) is 0 Å². The Bertz CT molecular complexity index is 121. The highest BCUT2D eigenvalue weighted by atomic mass is 15.2. The number of nitrogens with zero attached hydrogens (tertiary/aromatic N) is 1. The van der Waals surface area contributed by atoms with Crippen LogP contribution in [0.25, 0.3) is 0 Å². The van der Waals surface area contributed by atoms with Crippen molar-refractivity contribution in [1.29, 1.82) is 0 Å². The summed E-state index contributed by atoms with van der Waals surface area (Å²) in [6, 6.07) is 0.991. The zero-order valence-corrected chi connectivity index (χ0v) is 6.51. The maximum absolute atomic E-state index is 7.62. The Balaban J connectivity index is 2.09. The van der Waals surface area contributed by atoms with Gasteiger partial charge in [0.05, 0.1) is 0 Å². The van der Waals surface area contributed by atoms with Gasteiger partial charge in [-0.15, -0.1) is 0 Å². The largest absolute Gasteiger partial charge is 0.299 e. The first-order chi connectivity index (χ1) is 4.77. The van der Waals surface area contributed by atoms with E-state index in [1.165, 1.54) is 13.0 Å². The molecule has 2 nitrogen and oxygen atoms in total. The van der Waals surface area contributed by atoms with Crippen LogP contribution < -0.4 is 5.73 Å². The monoisotopic (exact) mass is 139 g/mol. The molecule has 1 radical (unpaired) electrons. The highest BCUT2D eigenvalue weighted by Gasteiger charge is 2.36. The SMILES string of the molecule is CC1C2CCN1CC([NH])C2. The van der Waals surface area contributed by atoms with E-state index in [0.717, 1.165) is 24.9 Å². The lowest BCUT2D eigenvalue weighted by atomic mass is 9.91. The molecule has 0 saturated carbocycles. The fraction of sp³-hybridized carbons (Fsp3) is 1.00. The topological polar surface area (TPSA) is 27.0 Å². The van der Waals surface area contributed by atoms with Crippen molar-refractivity contribution >= 4 is 0 Å². The Kier molecular flexibility index (Phi) is 1.46. The molecule has 2 rings (SSSR count). The predicted octanol–water partition coefficient (Wildman–Crippen LogP) is 0.752. The first-order valence-corrected chi connectivity index (χ1v) is 4.22. The molecule has 4 unspecified atom stereocenters. The minimum absolute atomic E-state index is 0.212. The van der Waals surface area contributed by atoms with Gasteiger partial charge in [0.1, 0.15) is 0 Å². The molecule has 2 bridgehead atoms. The van der Waals surface area contributed by atoms with Crippen molar-refractivity contribution in [2.75, 3.05) is 13.1 Å². The molecule has 4 atom stereocenters. The maximum atomic E-state index is 7.62. The van der Waals surface area contributed by atoms with Crippen LogP contribution >= 0.6 is 0 Å². The molecule has 2 heterocycles. The van der Waals surface area contributed by atoms with Crippen LogP contribution in [0.2, 0.25) is 0 Å². The second-order valence-electron chi connectivity index (χ2n) is 3.72. The Morgan fingerprint density at radius 1 is 1.50 bits per heavy atom. The number of rotatable bonds is 0. The molecule has 2 heteroatoms. The fourth-order valence-corrected chi connectivity index (χ4v) is 2.37. The second-order valence-corrected chi connectivity index (χ2v) is 3.72. The van der Waals surface area contributed by atoms with Gasteiger partial charge in [-0.3, -0.25) is 10.6 Å². The fourth-order valence-electron chi connectivity index (χ4n) is 2.37. The summed E-state index contributed by atoms with van der Waals surface area (Å²) in [4.78, 5) is 2.46. The molecule has 2 saturated heterocycles. The molecule has 2 fully saturated rings. The lowest BCUT2D eigenvalue weighted by Crippen LogP contribution is -2.43. The highest BCUT2D eigenvalue weighted by Crippen LogP contribution is 2.32. The number of fused-ring (bicyclic) bond motifs is 2. The molecule has 2 aliphatic rings. The molecule has 1 N–H and O–H groups in total. The van der Waals surface area contributed by atoms with Crippen molar-refractivity contribution in [2.45, 2.75) is 31.8 Å². The van der Waals surface area contributed by atoms with E-state index in [0.29, 0.717) is 0 Å². The minimum atomic E-state index is 0.212. The summed E-state index contributed by atoms with van der Waals surface area (Å²) in [7, 11) is 0. The third-order valence-corrected chi connectivity index (χ3v) is 3.09. The number of hydrogen-bond donors (Lipinski definition) is 0. The summed E-state index contributed by atoms with van der Waals surface area (Å²) in [5.74, 6) is 0.844. The lowest BCUT2D eigenvalue weighted by Gasteiger charge is -2.33. The molecule has 0 aromatic heterocycles. The number of hydrogen-bond acceptors (Lipinski definition) is 1. The summed E-state index contributed by atoms with van der Waals surface area (Å²) in [6.07, 6.45) is 2.49. The first-order valence-electron chi connectivity index (χ1n) is 4.22. The van der Waals surface area contributed by atoms with E-state index in [-0.39, 0.29) is 6.04 Å². The zero-order valence-electron chi connectivity index (χ0n) is 6.51. The molecule has 0 aliphatic carbocycles. The van der Waals surface area contributed by atoms with Gasteiger partial charge in [-0.25, -0.2) is 0 Å². The van der Waals surface area contributed by atoms with Gasteiger partial charge in [0, 0.05) is 18.6 Å². The summed E-state index contributed by atoms with van der Waals surface area (Å²) in [6.45, 7) is 4.59. The zero-order chi connectivity index (χ0) is 7.14. The molecular formula is C8H15N2. The van der Waals surface area contributed by atoms with Crippen LogP contribution in [-0.4, -0.2) is 30.1 Å². The predicted molar refractivity (Wildman–Crippen MR) is 40.6 cm³/mol. The number of nitrogens with one attached hydrogen (secondary N) is 1. The van der Waals surface area contributed by atoms with Crippen molar-refractivity contribution < 1.29 is 0 Å². The summed E-state index contributed by atoms with van der Waals surface area (Å²) >= 11 is 0. The lowest BCUT2D eigenvalue weighted by molar-refractivity contribution is 0.170. The van der Waals surface area contributed by atoms with Gasteiger partial charge < -0.3 is 0 Å². The maximum Gasteiger partial charge on any atom is 0.0343 e. The molecule has 0 spiro atoms.